The molecule has 0 saturated heterocycles. The van der Waals surface area contributed by atoms with Crippen molar-refractivity contribution in [3.63, 3.8) is 0 Å². The molecule has 8 heteroatoms. The van der Waals surface area contributed by atoms with E-state index in [1.54, 1.807) is 19.1 Å². The normalized spacial score (nSPS) is 11.7. The molecule has 0 bridgehead atoms. The van der Waals surface area contributed by atoms with Crippen LogP contribution in [0.5, 0.6) is 5.75 Å². The molecule has 2 nitrogen and oxygen atoms in total. The van der Waals surface area contributed by atoms with Crippen LogP contribution in [0.1, 0.15) is 21.6 Å². The van der Waals surface area contributed by atoms with Crippen molar-refractivity contribution in [2.45, 2.75) is 26.6 Å². The molecule has 0 aliphatic rings. The minimum Gasteiger partial charge on any atom is -0.488 e. The van der Waals surface area contributed by atoms with Gasteiger partial charge in [-0.3, -0.25) is 0 Å². The molecule has 0 aliphatic heterocycles. The lowest BCUT2D eigenvalue weighted by Gasteiger charge is -2.13. The lowest BCUT2D eigenvalue weighted by molar-refractivity contribution is -0.135. The van der Waals surface area contributed by atoms with Crippen molar-refractivity contribution in [3.8, 4) is 17.0 Å². The first kappa shape index (κ1) is 19.3. The lowest BCUT2D eigenvalue weighted by Crippen LogP contribution is -2.09. The monoisotopic (exact) mass is 399 g/mol. The topological polar surface area (TPSA) is 22.1 Å². The van der Waals surface area contributed by atoms with E-state index in [4.69, 9.17) is 4.74 Å². The van der Waals surface area contributed by atoms with Gasteiger partial charge >= 0.3 is 6.18 Å². The van der Waals surface area contributed by atoms with E-state index in [1.165, 1.54) is 6.07 Å². The molecule has 0 N–H and O–H groups in total. The summed E-state index contributed by atoms with van der Waals surface area (Å²) in [5.41, 5.74) is 1.52. The molecule has 142 valence electrons. The highest BCUT2D eigenvalue weighted by atomic mass is 32.1. The van der Waals surface area contributed by atoms with Crippen LogP contribution >= 0.6 is 11.5 Å². The number of alkyl halides is 3. The van der Waals surface area contributed by atoms with Gasteiger partial charge < -0.3 is 4.74 Å². The van der Waals surface area contributed by atoms with Crippen LogP contribution in [-0.2, 0) is 12.8 Å². The standard InChI is InChI=1S/C19H14F5NOS/c1-10-4-3-5-16(11(10)2)26-9-13-17(25-27-18(13)19(22,23)24)12-6-7-14(20)15(21)8-12/h3-8H,9H2,1-2H3. The van der Waals surface area contributed by atoms with Gasteiger partial charge in [0.1, 0.15) is 17.2 Å². The molecule has 3 rings (SSSR count). The van der Waals surface area contributed by atoms with Crippen molar-refractivity contribution in [2.24, 2.45) is 0 Å². The van der Waals surface area contributed by atoms with Gasteiger partial charge in [-0.05, 0) is 60.8 Å². The van der Waals surface area contributed by atoms with Crippen molar-refractivity contribution in [3.05, 3.63) is 69.6 Å². The second kappa shape index (κ2) is 7.26. The molecule has 1 aromatic heterocycles. The summed E-state index contributed by atoms with van der Waals surface area (Å²) >= 11 is 0.259. The van der Waals surface area contributed by atoms with Crippen LogP contribution in [0.2, 0.25) is 0 Å². The minimum absolute atomic E-state index is 0.0558. The molecular weight excluding hydrogens is 385 g/mol. The van der Waals surface area contributed by atoms with E-state index in [2.05, 4.69) is 4.37 Å². The summed E-state index contributed by atoms with van der Waals surface area (Å²) in [5.74, 6) is -1.79. The Morgan fingerprint density at radius 1 is 1.04 bits per heavy atom. The second-order valence-electron chi connectivity index (χ2n) is 5.95. The summed E-state index contributed by atoms with van der Waals surface area (Å²) in [6, 6.07) is 8.13. The van der Waals surface area contributed by atoms with Crippen molar-refractivity contribution in [2.75, 3.05) is 0 Å². The number of benzene rings is 2. The first-order chi connectivity index (χ1) is 12.7. The predicted molar refractivity (Wildman–Crippen MR) is 92.7 cm³/mol. The van der Waals surface area contributed by atoms with Gasteiger partial charge in [-0.25, -0.2) is 8.78 Å². The largest absolute Gasteiger partial charge is 0.488 e. The minimum atomic E-state index is -4.63. The van der Waals surface area contributed by atoms with Gasteiger partial charge in [-0.2, -0.15) is 17.5 Å². The number of nitrogens with zero attached hydrogens (tertiary/aromatic N) is 1. The number of hydrogen-bond donors (Lipinski definition) is 0. The molecule has 0 atom stereocenters. The molecule has 0 saturated carbocycles. The molecule has 0 amide bonds. The van der Waals surface area contributed by atoms with E-state index in [0.29, 0.717) is 5.75 Å². The van der Waals surface area contributed by atoms with E-state index >= 15 is 0 Å². The van der Waals surface area contributed by atoms with Crippen LogP contribution in [0.25, 0.3) is 11.3 Å². The van der Waals surface area contributed by atoms with E-state index in [9.17, 15) is 22.0 Å². The molecule has 0 unspecified atom stereocenters. The van der Waals surface area contributed by atoms with Crippen molar-refractivity contribution < 1.29 is 26.7 Å². The van der Waals surface area contributed by atoms with E-state index in [-0.39, 0.29) is 28.4 Å². The highest BCUT2D eigenvalue weighted by molar-refractivity contribution is 7.06. The van der Waals surface area contributed by atoms with E-state index in [1.807, 2.05) is 13.0 Å². The summed E-state index contributed by atoms with van der Waals surface area (Å²) in [7, 11) is 0. The summed E-state index contributed by atoms with van der Waals surface area (Å²) in [5, 5.41) is 0. The van der Waals surface area contributed by atoms with E-state index in [0.717, 1.165) is 23.3 Å². The summed E-state index contributed by atoms with van der Waals surface area (Å²) in [4.78, 5) is -0.924. The summed E-state index contributed by atoms with van der Waals surface area (Å²) in [6.07, 6.45) is -4.63. The summed E-state index contributed by atoms with van der Waals surface area (Å²) < 4.78 is 76.2. The average molecular weight is 399 g/mol. The number of halogens is 5. The number of rotatable bonds is 4. The second-order valence-corrected chi connectivity index (χ2v) is 6.73. The fourth-order valence-corrected chi connectivity index (χ4v) is 3.33. The van der Waals surface area contributed by atoms with Gasteiger partial charge in [-0.15, -0.1) is 0 Å². The third-order valence-electron chi connectivity index (χ3n) is 4.17. The zero-order valence-corrected chi connectivity index (χ0v) is 15.1. The van der Waals surface area contributed by atoms with Gasteiger partial charge in [0.25, 0.3) is 0 Å². The van der Waals surface area contributed by atoms with E-state index < -0.39 is 29.3 Å². The maximum Gasteiger partial charge on any atom is 0.427 e. The van der Waals surface area contributed by atoms with Crippen molar-refractivity contribution >= 4 is 11.5 Å². The maximum absolute atomic E-state index is 13.5. The zero-order valence-electron chi connectivity index (χ0n) is 14.3. The Morgan fingerprint density at radius 3 is 2.44 bits per heavy atom. The summed E-state index contributed by atoms with van der Waals surface area (Å²) in [6.45, 7) is 3.27. The third kappa shape index (κ3) is 3.95. The zero-order chi connectivity index (χ0) is 19.8. The van der Waals surface area contributed by atoms with Crippen LogP contribution in [-0.4, -0.2) is 4.37 Å². The number of aryl methyl sites for hydroxylation is 1. The molecule has 1 heterocycles. The molecule has 0 spiro atoms. The van der Waals surface area contributed by atoms with Crippen LogP contribution in [0.3, 0.4) is 0 Å². The first-order valence-corrected chi connectivity index (χ1v) is 8.66. The Hall–Kier alpha value is -2.48. The SMILES string of the molecule is Cc1cccc(OCc2c(-c3ccc(F)c(F)c3)nsc2C(F)(F)F)c1C. The number of ether oxygens (including phenoxy) is 1. The van der Waals surface area contributed by atoms with Crippen LogP contribution < -0.4 is 4.74 Å². The van der Waals surface area contributed by atoms with Gasteiger partial charge in [0.15, 0.2) is 11.6 Å². The first-order valence-electron chi connectivity index (χ1n) is 7.88. The van der Waals surface area contributed by atoms with Crippen LogP contribution in [0, 0.1) is 25.5 Å². The Kier molecular flexibility index (Phi) is 5.19. The smallest absolute Gasteiger partial charge is 0.427 e. The number of hydrogen-bond acceptors (Lipinski definition) is 3. The fraction of sp³-hybridized carbons (Fsp3) is 0.211. The Labute approximate surface area is 156 Å². The highest BCUT2D eigenvalue weighted by Gasteiger charge is 2.38. The molecular formula is C19H14F5NOS. The highest BCUT2D eigenvalue weighted by Crippen LogP contribution is 2.40. The van der Waals surface area contributed by atoms with Gasteiger partial charge in [0, 0.05) is 11.1 Å². The Bertz CT molecular complexity index is 981. The maximum atomic E-state index is 13.5. The quantitative estimate of drug-likeness (QED) is 0.480. The molecule has 27 heavy (non-hydrogen) atoms. The Morgan fingerprint density at radius 2 is 1.78 bits per heavy atom. The molecule has 3 aromatic rings. The average Bonchev–Trinajstić information content (AvgIpc) is 3.03. The van der Waals surface area contributed by atoms with Crippen LogP contribution in [0.4, 0.5) is 22.0 Å². The molecule has 0 fully saturated rings. The van der Waals surface area contributed by atoms with Crippen LogP contribution in [0.15, 0.2) is 36.4 Å². The predicted octanol–water partition coefficient (Wildman–Crippen LogP) is 6.30. The van der Waals surface area contributed by atoms with Gasteiger partial charge in [0.05, 0.1) is 5.69 Å². The molecule has 0 radical (unpaired) electrons. The fourth-order valence-electron chi connectivity index (χ4n) is 2.57. The van der Waals surface area contributed by atoms with Gasteiger partial charge in [-0.1, -0.05) is 12.1 Å². The number of aromatic nitrogens is 1. The van der Waals surface area contributed by atoms with Crippen molar-refractivity contribution in [1.29, 1.82) is 0 Å². The Balaban J connectivity index is 2.02. The molecule has 2 aromatic carbocycles. The lowest BCUT2D eigenvalue weighted by atomic mass is 10.1. The third-order valence-corrected chi connectivity index (χ3v) is 5.10. The van der Waals surface area contributed by atoms with Gasteiger partial charge in [0.2, 0.25) is 0 Å². The van der Waals surface area contributed by atoms with Crippen molar-refractivity contribution in [1.82, 2.24) is 4.37 Å². The molecule has 0 aliphatic carbocycles.